The van der Waals surface area contributed by atoms with Crippen molar-refractivity contribution in [2.45, 2.75) is 58.2 Å². The van der Waals surface area contributed by atoms with Crippen molar-refractivity contribution in [2.24, 2.45) is 0 Å². The maximum atomic E-state index is 10.1. The first-order valence-electron chi connectivity index (χ1n) is 5.97. The summed E-state index contributed by atoms with van der Waals surface area (Å²) >= 11 is 0. The molecule has 0 amide bonds. The van der Waals surface area contributed by atoms with Gasteiger partial charge < -0.3 is 14.6 Å². The zero-order valence-corrected chi connectivity index (χ0v) is 10.6. The molecule has 15 heavy (non-hydrogen) atoms. The first kappa shape index (κ1) is 14.9. The first-order valence-corrected chi connectivity index (χ1v) is 5.97. The van der Waals surface area contributed by atoms with Crippen molar-refractivity contribution in [3.8, 4) is 0 Å². The summed E-state index contributed by atoms with van der Waals surface area (Å²) in [6, 6.07) is 0. The summed E-state index contributed by atoms with van der Waals surface area (Å²) in [7, 11) is 1.68. The Hall–Kier alpha value is -0.120. The molecule has 0 heterocycles. The molecular weight excluding hydrogens is 192 g/mol. The van der Waals surface area contributed by atoms with E-state index in [9.17, 15) is 5.11 Å². The summed E-state index contributed by atoms with van der Waals surface area (Å²) in [4.78, 5) is 0. The Labute approximate surface area is 93.8 Å². The lowest BCUT2D eigenvalue weighted by Crippen LogP contribution is -2.44. The van der Waals surface area contributed by atoms with Gasteiger partial charge in [0.2, 0.25) is 0 Å². The fourth-order valence-corrected chi connectivity index (χ4v) is 1.99. The van der Waals surface area contributed by atoms with Crippen LogP contribution in [0.5, 0.6) is 0 Å². The molecule has 0 aliphatic carbocycles. The molecule has 0 spiro atoms. The molecule has 0 aliphatic rings. The van der Waals surface area contributed by atoms with Crippen molar-refractivity contribution in [3.05, 3.63) is 0 Å². The van der Waals surface area contributed by atoms with Crippen molar-refractivity contribution in [2.75, 3.05) is 20.3 Å². The average molecular weight is 218 g/mol. The molecule has 0 aliphatic heterocycles. The largest absolute Gasteiger partial charge is 0.390 e. The normalized spacial score (nSPS) is 14.2. The maximum Gasteiger partial charge on any atom is 0.0934 e. The number of aliphatic hydroxyl groups is 1. The van der Waals surface area contributed by atoms with E-state index >= 15 is 0 Å². The molecule has 0 aromatic carbocycles. The summed E-state index contributed by atoms with van der Waals surface area (Å²) in [5, 5.41) is 10.1. The van der Waals surface area contributed by atoms with E-state index in [4.69, 9.17) is 9.47 Å². The van der Waals surface area contributed by atoms with E-state index < -0.39 is 0 Å². The van der Waals surface area contributed by atoms with Gasteiger partial charge in [-0.15, -0.1) is 0 Å². The van der Waals surface area contributed by atoms with Crippen molar-refractivity contribution in [3.63, 3.8) is 0 Å². The molecule has 1 unspecified atom stereocenters. The molecular formula is C12H26O3. The fourth-order valence-electron chi connectivity index (χ4n) is 1.99. The van der Waals surface area contributed by atoms with Crippen LogP contribution in [-0.4, -0.2) is 37.1 Å². The van der Waals surface area contributed by atoms with E-state index in [1.165, 1.54) is 0 Å². The summed E-state index contributed by atoms with van der Waals surface area (Å²) < 4.78 is 10.7. The first-order chi connectivity index (χ1) is 7.16. The van der Waals surface area contributed by atoms with Gasteiger partial charge >= 0.3 is 0 Å². The molecule has 3 heteroatoms. The third kappa shape index (κ3) is 4.49. The van der Waals surface area contributed by atoms with Crippen molar-refractivity contribution >= 4 is 0 Å². The number of aliphatic hydroxyl groups excluding tert-OH is 1. The highest BCUT2D eigenvalue weighted by molar-refractivity contribution is 4.86. The van der Waals surface area contributed by atoms with Gasteiger partial charge in [0.25, 0.3) is 0 Å². The van der Waals surface area contributed by atoms with Gasteiger partial charge in [-0.2, -0.15) is 0 Å². The monoisotopic (exact) mass is 218 g/mol. The summed E-state index contributed by atoms with van der Waals surface area (Å²) in [5.74, 6) is 0. The maximum absolute atomic E-state index is 10.1. The number of rotatable bonds is 9. The highest BCUT2D eigenvalue weighted by Gasteiger charge is 2.34. The number of hydrogen-bond acceptors (Lipinski definition) is 3. The minimum Gasteiger partial charge on any atom is -0.390 e. The molecule has 0 aromatic rings. The van der Waals surface area contributed by atoms with Gasteiger partial charge in [-0.3, -0.25) is 0 Å². The van der Waals surface area contributed by atoms with Crippen molar-refractivity contribution in [1.82, 2.24) is 0 Å². The third-order valence-electron chi connectivity index (χ3n) is 3.06. The molecule has 1 atom stereocenters. The van der Waals surface area contributed by atoms with E-state index in [0.29, 0.717) is 13.2 Å². The van der Waals surface area contributed by atoms with Crippen LogP contribution in [0.4, 0.5) is 0 Å². The molecule has 1 N–H and O–H groups in total. The smallest absolute Gasteiger partial charge is 0.0934 e. The Morgan fingerprint density at radius 3 is 2.20 bits per heavy atom. The van der Waals surface area contributed by atoms with E-state index in [1.807, 2.05) is 6.92 Å². The van der Waals surface area contributed by atoms with Crippen LogP contribution >= 0.6 is 0 Å². The molecule has 0 saturated heterocycles. The quantitative estimate of drug-likeness (QED) is 0.604. The van der Waals surface area contributed by atoms with Gasteiger partial charge in [0, 0.05) is 20.3 Å². The molecule has 0 rings (SSSR count). The third-order valence-corrected chi connectivity index (χ3v) is 3.06. The zero-order chi connectivity index (χ0) is 11.7. The van der Waals surface area contributed by atoms with Gasteiger partial charge in [-0.1, -0.05) is 13.8 Å². The minimum absolute atomic E-state index is 0.359. The van der Waals surface area contributed by atoms with Gasteiger partial charge in [-0.05, 0) is 32.6 Å². The van der Waals surface area contributed by atoms with E-state index in [2.05, 4.69) is 13.8 Å². The lowest BCUT2D eigenvalue weighted by Gasteiger charge is -2.36. The molecule has 0 fully saturated rings. The Morgan fingerprint density at radius 2 is 1.80 bits per heavy atom. The van der Waals surface area contributed by atoms with Crippen LogP contribution in [0.2, 0.25) is 0 Å². The lowest BCUT2D eigenvalue weighted by molar-refractivity contribution is -0.128. The lowest BCUT2D eigenvalue weighted by atomic mass is 9.87. The molecule has 0 bridgehead atoms. The Bertz CT molecular complexity index is 144. The zero-order valence-electron chi connectivity index (χ0n) is 10.6. The molecule has 0 aromatic heterocycles. The number of hydrogen-bond donors (Lipinski definition) is 1. The SMILES string of the molecule is CCOC(CC)(CC)C(O)CCCOC. The predicted octanol–water partition coefficient (Wildman–Crippen LogP) is 2.37. The second-order valence-electron chi connectivity index (χ2n) is 3.86. The second kappa shape index (κ2) is 8.08. The van der Waals surface area contributed by atoms with Crippen molar-refractivity contribution < 1.29 is 14.6 Å². The molecule has 0 radical (unpaired) electrons. The fraction of sp³-hybridized carbons (Fsp3) is 1.00. The predicted molar refractivity (Wildman–Crippen MR) is 62.1 cm³/mol. The molecule has 0 saturated carbocycles. The van der Waals surface area contributed by atoms with Gasteiger partial charge in [0.1, 0.15) is 0 Å². The second-order valence-corrected chi connectivity index (χ2v) is 3.86. The van der Waals surface area contributed by atoms with E-state index in [0.717, 1.165) is 25.7 Å². The topological polar surface area (TPSA) is 38.7 Å². The Balaban J connectivity index is 4.19. The van der Waals surface area contributed by atoms with E-state index in [1.54, 1.807) is 7.11 Å². The summed E-state index contributed by atoms with van der Waals surface area (Å²) in [6.07, 6.45) is 2.95. The van der Waals surface area contributed by atoms with Crippen LogP contribution in [-0.2, 0) is 9.47 Å². The van der Waals surface area contributed by atoms with Crippen LogP contribution in [0.25, 0.3) is 0 Å². The number of methoxy groups -OCH3 is 1. The standard InChI is InChI=1S/C12H26O3/c1-5-12(6-2,15-7-3)11(13)9-8-10-14-4/h11,13H,5-10H2,1-4H3. The van der Waals surface area contributed by atoms with Crippen molar-refractivity contribution in [1.29, 1.82) is 0 Å². The van der Waals surface area contributed by atoms with Crippen LogP contribution < -0.4 is 0 Å². The molecule has 92 valence electrons. The van der Waals surface area contributed by atoms with Crippen LogP contribution in [0.1, 0.15) is 46.5 Å². The Morgan fingerprint density at radius 1 is 1.20 bits per heavy atom. The van der Waals surface area contributed by atoms with Crippen LogP contribution in [0.3, 0.4) is 0 Å². The highest BCUT2D eigenvalue weighted by Crippen LogP contribution is 2.27. The Kier molecular flexibility index (Phi) is 8.02. The molecule has 3 nitrogen and oxygen atoms in total. The summed E-state index contributed by atoms with van der Waals surface area (Å²) in [5.41, 5.74) is -0.359. The van der Waals surface area contributed by atoms with E-state index in [-0.39, 0.29) is 11.7 Å². The minimum atomic E-state index is -0.386. The average Bonchev–Trinajstić information content (AvgIpc) is 2.26. The highest BCUT2D eigenvalue weighted by atomic mass is 16.5. The van der Waals surface area contributed by atoms with Crippen LogP contribution in [0.15, 0.2) is 0 Å². The van der Waals surface area contributed by atoms with Gasteiger partial charge in [-0.25, -0.2) is 0 Å². The van der Waals surface area contributed by atoms with Gasteiger partial charge in [0.05, 0.1) is 11.7 Å². The van der Waals surface area contributed by atoms with Gasteiger partial charge in [0.15, 0.2) is 0 Å². The summed E-state index contributed by atoms with van der Waals surface area (Å²) in [6.45, 7) is 7.47. The number of ether oxygens (including phenoxy) is 2. The van der Waals surface area contributed by atoms with Crippen LogP contribution in [0, 0.1) is 0 Å².